The molecule has 0 aliphatic heterocycles. The predicted octanol–water partition coefficient (Wildman–Crippen LogP) is 2.80. The minimum absolute atomic E-state index is 0.00839. The molecule has 0 aromatic rings. The van der Waals surface area contributed by atoms with Crippen molar-refractivity contribution in [1.29, 1.82) is 0 Å². The van der Waals surface area contributed by atoms with Crippen LogP contribution >= 0.6 is 0 Å². The van der Waals surface area contributed by atoms with E-state index in [0.717, 1.165) is 12.8 Å². The largest absolute Gasteiger partial charge is 0.469 e. The molecule has 0 N–H and O–H groups in total. The summed E-state index contributed by atoms with van der Waals surface area (Å²) in [6.07, 6.45) is 6.70. The zero-order valence-electron chi connectivity index (χ0n) is 12.8. The number of hydrogen-bond acceptors (Lipinski definition) is 3. The molecule has 5 rings (SSSR count). The highest BCUT2D eigenvalue weighted by atomic mass is 16.5. The fourth-order valence-electron chi connectivity index (χ4n) is 5.85. The van der Waals surface area contributed by atoms with Crippen molar-refractivity contribution in [3.8, 4) is 0 Å². The van der Waals surface area contributed by atoms with Crippen LogP contribution in [0.1, 0.15) is 33.6 Å². The van der Waals surface area contributed by atoms with Crippen molar-refractivity contribution in [1.82, 2.24) is 0 Å². The molecule has 7 atom stereocenters. The van der Waals surface area contributed by atoms with Gasteiger partial charge in [-0.2, -0.15) is 0 Å². The monoisotopic (exact) mass is 276 g/mol. The van der Waals surface area contributed by atoms with Gasteiger partial charge >= 0.3 is 5.97 Å². The molecule has 0 aromatic heterocycles. The Labute approximate surface area is 120 Å². The highest BCUT2D eigenvalue weighted by Gasteiger charge is 2.86. The van der Waals surface area contributed by atoms with Gasteiger partial charge in [0, 0.05) is 5.92 Å². The second kappa shape index (κ2) is 3.68. The van der Waals surface area contributed by atoms with E-state index < -0.39 is 0 Å². The van der Waals surface area contributed by atoms with Gasteiger partial charge in [0.25, 0.3) is 0 Å². The summed E-state index contributed by atoms with van der Waals surface area (Å²) < 4.78 is 11.6. The molecule has 0 saturated heterocycles. The fourth-order valence-corrected chi connectivity index (χ4v) is 5.85. The maximum absolute atomic E-state index is 12.6. The van der Waals surface area contributed by atoms with Crippen LogP contribution in [0.2, 0.25) is 0 Å². The highest BCUT2D eigenvalue weighted by molar-refractivity contribution is 5.81. The number of methoxy groups -OCH3 is 1. The summed E-state index contributed by atoms with van der Waals surface area (Å²) in [6, 6.07) is 0. The molecule has 0 radical (unpaired) electrons. The average Bonchev–Trinajstić information content (AvgIpc) is 2.89. The SMILES string of the molecule is COC(=O)C12CC=CCC3C4C(C(OC(C)(C)C)C31)C42. The first-order valence-corrected chi connectivity index (χ1v) is 7.83. The van der Waals surface area contributed by atoms with Gasteiger partial charge in [-0.15, -0.1) is 0 Å². The van der Waals surface area contributed by atoms with Crippen LogP contribution in [0.5, 0.6) is 0 Å². The number of hydrogen-bond donors (Lipinski definition) is 0. The Morgan fingerprint density at radius 2 is 1.95 bits per heavy atom. The number of carbonyl (C=O) groups is 1. The van der Waals surface area contributed by atoms with Crippen molar-refractivity contribution < 1.29 is 14.3 Å². The Balaban J connectivity index is 1.74. The third-order valence-corrected chi connectivity index (χ3v) is 6.10. The van der Waals surface area contributed by atoms with Crippen molar-refractivity contribution in [2.45, 2.75) is 45.3 Å². The molecule has 3 nitrogen and oxygen atoms in total. The van der Waals surface area contributed by atoms with Gasteiger partial charge in [0.05, 0.1) is 24.2 Å². The molecule has 0 spiro atoms. The molecule has 3 heteroatoms. The lowest BCUT2D eigenvalue weighted by Gasteiger charge is -2.35. The molecule has 0 aromatic carbocycles. The van der Waals surface area contributed by atoms with Gasteiger partial charge in [-0.05, 0) is 57.3 Å². The van der Waals surface area contributed by atoms with Crippen LogP contribution < -0.4 is 0 Å². The van der Waals surface area contributed by atoms with Crippen molar-refractivity contribution >= 4 is 5.97 Å². The number of carbonyl (C=O) groups excluding carboxylic acids is 1. The van der Waals surface area contributed by atoms with Crippen molar-refractivity contribution in [2.75, 3.05) is 7.11 Å². The van der Waals surface area contributed by atoms with E-state index in [9.17, 15) is 4.79 Å². The van der Waals surface area contributed by atoms with Crippen LogP contribution in [0.4, 0.5) is 0 Å². The van der Waals surface area contributed by atoms with Gasteiger partial charge in [-0.25, -0.2) is 0 Å². The maximum Gasteiger partial charge on any atom is 0.312 e. The second-order valence-electron chi connectivity index (χ2n) is 8.01. The summed E-state index contributed by atoms with van der Waals surface area (Å²) in [4.78, 5) is 12.6. The minimum Gasteiger partial charge on any atom is -0.469 e. The Hall–Kier alpha value is -0.830. The quantitative estimate of drug-likeness (QED) is 0.574. The Kier molecular flexibility index (Phi) is 2.37. The first kappa shape index (κ1) is 12.9. The summed E-state index contributed by atoms with van der Waals surface area (Å²) >= 11 is 0. The van der Waals surface area contributed by atoms with Crippen LogP contribution in [-0.4, -0.2) is 24.8 Å². The summed E-state index contributed by atoms with van der Waals surface area (Å²) in [5, 5.41) is 0. The third kappa shape index (κ3) is 1.33. The van der Waals surface area contributed by atoms with Crippen LogP contribution in [0.3, 0.4) is 0 Å². The Morgan fingerprint density at radius 3 is 2.60 bits per heavy atom. The zero-order chi connectivity index (χ0) is 14.3. The van der Waals surface area contributed by atoms with E-state index in [4.69, 9.17) is 9.47 Å². The van der Waals surface area contributed by atoms with E-state index in [0.29, 0.717) is 29.6 Å². The first-order chi connectivity index (χ1) is 9.42. The normalized spacial score (nSPS) is 51.0. The van der Waals surface area contributed by atoms with Crippen LogP contribution in [0.15, 0.2) is 12.2 Å². The van der Waals surface area contributed by atoms with Crippen LogP contribution in [0.25, 0.3) is 0 Å². The molecule has 6 bridgehead atoms. The number of allylic oxidation sites excluding steroid dienone is 2. The molecule has 110 valence electrons. The lowest BCUT2D eigenvalue weighted by molar-refractivity contribution is -0.160. The van der Waals surface area contributed by atoms with Gasteiger partial charge in [0.1, 0.15) is 0 Å². The minimum atomic E-state index is -0.280. The second-order valence-corrected chi connectivity index (χ2v) is 8.01. The maximum atomic E-state index is 12.6. The fraction of sp³-hybridized carbons (Fsp3) is 0.824. The highest BCUT2D eigenvalue weighted by Crippen LogP contribution is 2.83. The van der Waals surface area contributed by atoms with Gasteiger partial charge in [0.15, 0.2) is 0 Å². The molecule has 4 fully saturated rings. The van der Waals surface area contributed by atoms with Crippen molar-refractivity contribution in [2.24, 2.45) is 35.0 Å². The lowest BCUT2D eigenvalue weighted by atomic mass is 9.73. The molecule has 4 saturated carbocycles. The Bertz CT molecular complexity index is 489. The number of ether oxygens (including phenoxy) is 2. The molecule has 5 aliphatic carbocycles. The standard InChI is InChI=1S/C17H24O3/c1-16(2,3)20-14-11-10-9-7-5-6-8-17(12(9)14,13(10)11)15(18)19-4/h5-6,9-14H,7-8H2,1-4H3. The van der Waals surface area contributed by atoms with E-state index in [1.807, 2.05) is 0 Å². The van der Waals surface area contributed by atoms with E-state index in [-0.39, 0.29) is 23.1 Å². The topological polar surface area (TPSA) is 35.5 Å². The summed E-state index contributed by atoms with van der Waals surface area (Å²) in [7, 11) is 1.54. The smallest absolute Gasteiger partial charge is 0.312 e. The van der Waals surface area contributed by atoms with E-state index >= 15 is 0 Å². The third-order valence-electron chi connectivity index (χ3n) is 6.10. The van der Waals surface area contributed by atoms with E-state index in [1.54, 1.807) is 0 Å². The molecule has 5 aliphatic rings. The number of rotatable bonds is 2. The van der Waals surface area contributed by atoms with Crippen LogP contribution in [0, 0.1) is 35.0 Å². The molecular weight excluding hydrogens is 252 g/mol. The Morgan fingerprint density at radius 1 is 1.20 bits per heavy atom. The lowest BCUT2D eigenvalue weighted by Crippen LogP contribution is -2.41. The van der Waals surface area contributed by atoms with E-state index in [1.165, 1.54) is 7.11 Å². The summed E-state index contributed by atoms with van der Waals surface area (Å²) in [5.41, 5.74) is -0.416. The van der Waals surface area contributed by atoms with Gasteiger partial charge in [-0.1, -0.05) is 12.2 Å². The summed E-state index contributed by atoms with van der Waals surface area (Å²) in [6.45, 7) is 6.35. The summed E-state index contributed by atoms with van der Waals surface area (Å²) in [5.74, 6) is 2.83. The zero-order valence-corrected chi connectivity index (χ0v) is 12.8. The molecule has 20 heavy (non-hydrogen) atoms. The van der Waals surface area contributed by atoms with Gasteiger partial charge in [-0.3, -0.25) is 4.79 Å². The molecular formula is C17H24O3. The van der Waals surface area contributed by atoms with Gasteiger partial charge < -0.3 is 9.47 Å². The van der Waals surface area contributed by atoms with Crippen molar-refractivity contribution in [3.63, 3.8) is 0 Å². The van der Waals surface area contributed by atoms with Gasteiger partial charge in [0.2, 0.25) is 0 Å². The molecule has 0 heterocycles. The first-order valence-electron chi connectivity index (χ1n) is 7.83. The number of esters is 1. The van der Waals surface area contributed by atoms with Crippen LogP contribution in [-0.2, 0) is 14.3 Å². The van der Waals surface area contributed by atoms with E-state index in [2.05, 4.69) is 32.9 Å². The average molecular weight is 276 g/mol. The molecule has 7 unspecified atom stereocenters. The molecule has 0 amide bonds. The van der Waals surface area contributed by atoms with Crippen molar-refractivity contribution in [3.05, 3.63) is 12.2 Å². The predicted molar refractivity (Wildman–Crippen MR) is 74.9 cm³/mol.